The summed E-state index contributed by atoms with van der Waals surface area (Å²) in [7, 11) is 0. The van der Waals surface area contributed by atoms with Gasteiger partial charge in [0.1, 0.15) is 0 Å². The minimum atomic E-state index is -0.599. The number of nitrogens with zero attached hydrogens (tertiary/aromatic N) is 3. The number of ether oxygens (including phenoxy) is 1. The summed E-state index contributed by atoms with van der Waals surface area (Å²) < 4.78 is 5.32. The number of carbonyl (C=O) groups excluding carboxylic acids is 2. The lowest BCUT2D eigenvalue weighted by molar-refractivity contribution is -0.139. The molecule has 2 amide bonds. The summed E-state index contributed by atoms with van der Waals surface area (Å²) in [6.07, 6.45) is 4.54. The number of rotatable bonds is 7. The SMILES string of the molecule is O=C(NCCN1CCOCC1)C(=O)NCC(c1cccnc1)N1CCc2ccccc2C1. The van der Waals surface area contributed by atoms with Gasteiger partial charge in [-0.2, -0.15) is 0 Å². The number of fused-ring (bicyclic) bond motifs is 1. The molecule has 4 rings (SSSR count). The van der Waals surface area contributed by atoms with Crippen LogP contribution in [-0.2, 0) is 27.3 Å². The van der Waals surface area contributed by atoms with E-state index in [4.69, 9.17) is 4.74 Å². The van der Waals surface area contributed by atoms with E-state index < -0.39 is 11.8 Å². The van der Waals surface area contributed by atoms with Gasteiger partial charge in [0.05, 0.1) is 19.3 Å². The highest BCUT2D eigenvalue weighted by Crippen LogP contribution is 2.27. The van der Waals surface area contributed by atoms with Gasteiger partial charge < -0.3 is 15.4 Å². The molecule has 0 bridgehead atoms. The summed E-state index contributed by atoms with van der Waals surface area (Å²) in [5.74, 6) is -1.19. The van der Waals surface area contributed by atoms with Gasteiger partial charge in [-0.25, -0.2) is 0 Å². The molecule has 0 saturated carbocycles. The molecule has 1 fully saturated rings. The number of aromatic nitrogens is 1. The summed E-state index contributed by atoms with van der Waals surface area (Å²) in [6.45, 7) is 6.34. The van der Waals surface area contributed by atoms with E-state index >= 15 is 0 Å². The molecule has 2 aliphatic rings. The van der Waals surface area contributed by atoms with Crippen LogP contribution in [0.4, 0.5) is 0 Å². The van der Waals surface area contributed by atoms with E-state index in [2.05, 4.69) is 49.7 Å². The minimum absolute atomic E-state index is 0.0536. The van der Waals surface area contributed by atoms with Gasteiger partial charge >= 0.3 is 11.8 Å². The van der Waals surface area contributed by atoms with Crippen molar-refractivity contribution in [3.05, 3.63) is 65.5 Å². The molecule has 0 spiro atoms. The Balaban J connectivity index is 1.32. The molecule has 1 unspecified atom stereocenters. The predicted octanol–water partition coefficient (Wildman–Crippen LogP) is 0.746. The Morgan fingerprint density at radius 1 is 1.00 bits per heavy atom. The monoisotopic (exact) mass is 437 g/mol. The standard InChI is InChI=1S/C24H31N5O3/c30-23(26-9-11-28-12-14-32-15-13-28)24(31)27-17-22(20-6-3-8-25-16-20)29-10-7-19-4-1-2-5-21(19)18-29/h1-6,8,16,22H,7,9-15,17-18H2,(H,26,30)(H,27,31). The molecular formula is C24H31N5O3. The number of hydrogen-bond acceptors (Lipinski definition) is 6. The number of pyridine rings is 1. The van der Waals surface area contributed by atoms with Gasteiger partial charge in [-0.05, 0) is 29.2 Å². The second-order valence-electron chi connectivity index (χ2n) is 8.21. The van der Waals surface area contributed by atoms with Crippen molar-refractivity contribution >= 4 is 11.8 Å². The molecule has 3 heterocycles. The Labute approximate surface area is 188 Å². The molecule has 0 radical (unpaired) electrons. The van der Waals surface area contributed by atoms with Crippen molar-refractivity contribution in [2.45, 2.75) is 19.0 Å². The highest BCUT2D eigenvalue weighted by atomic mass is 16.5. The summed E-state index contributed by atoms with van der Waals surface area (Å²) in [4.78, 5) is 33.6. The van der Waals surface area contributed by atoms with Gasteiger partial charge in [0.15, 0.2) is 0 Å². The zero-order chi connectivity index (χ0) is 22.2. The smallest absolute Gasteiger partial charge is 0.309 e. The number of nitrogens with one attached hydrogen (secondary N) is 2. The van der Waals surface area contributed by atoms with Crippen molar-refractivity contribution in [3.63, 3.8) is 0 Å². The second kappa shape index (κ2) is 11.2. The van der Waals surface area contributed by atoms with Gasteiger partial charge in [-0.1, -0.05) is 30.3 Å². The van der Waals surface area contributed by atoms with E-state index in [9.17, 15) is 9.59 Å². The van der Waals surface area contributed by atoms with Crippen LogP contribution >= 0.6 is 0 Å². The van der Waals surface area contributed by atoms with Crippen LogP contribution in [0.5, 0.6) is 0 Å². The Bertz CT molecular complexity index is 902. The largest absolute Gasteiger partial charge is 0.379 e. The number of hydrogen-bond donors (Lipinski definition) is 2. The van der Waals surface area contributed by atoms with Crippen LogP contribution in [0.25, 0.3) is 0 Å². The minimum Gasteiger partial charge on any atom is -0.379 e. The maximum absolute atomic E-state index is 12.5. The first-order chi connectivity index (χ1) is 15.7. The highest BCUT2D eigenvalue weighted by molar-refractivity contribution is 6.35. The second-order valence-corrected chi connectivity index (χ2v) is 8.21. The Morgan fingerprint density at radius 2 is 1.78 bits per heavy atom. The molecule has 2 aromatic rings. The van der Waals surface area contributed by atoms with Crippen LogP contribution in [0.2, 0.25) is 0 Å². The molecule has 1 atom stereocenters. The first kappa shape index (κ1) is 22.4. The van der Waals surface area contributed by atoms with Crippen molar-refractivity contribution in [3.8, 4) is 0 Å². The first-order valence-electron chi connectivity index (χ1n) is 11.3. The summed E-state index contributed by atoms with van der Waals surface area (Å²) in [6, 6.07) is 12.3. The maximum Gasteiger partial charge on any atom is 0.309 e. The maximum atomic E-state index is 12.5. The fraction of sp³-hybridized carbons (Fsp3) is 0.458. The van der Waals surface area contributed by atoms with Crippen LogP contribution in [-0.4, -0.2) is 79.1 Å². The third-order valence-corrected chi connectivity index (χ3v) is 6.15. The van der Waals surface area contributed by atoms with E-state index in [0.29, 0.717) is 32.8 Å². The fourth-order valence-electron chi connectivity index (χ4n) is 4.32. The number of carbonyl (C=O) groups is 2. The molecule has 2 aliphatic heterocycles. The topological polar surface area (TPSA) is 86.8 Å². The lowest BCUT2D eigenvalue weighted by Gasteiger charge is -2.35. The van der Waals surface area contributed by atoms with Crippen molar-refractivity contribution in [2.24, 2.45) is 0 Å². The van der Waals surface area contributed by atoms with Crippen molar-refractivity contribution in [1.29, 1.82) is 0 Å². The third-order valence-electron chi connectivity index (χ3n) is 6.15. The van der Waals surface area contributed by atoms with E-state index in [-0.39, 0.29) is 6.04 Å². The normalized spacial score (nSPS) is 17.9. The van der Waals surface area contributed by atoms with Gasteiger partial charge in [0, 0.05) is 58.2 Å². The van der Waals surface area contributed by atoms with E-state index in [1.54, 1.807) is 6.20 Å². The average molecular weight is 438 g/mol. The molecule has 0 aliphatic carbocycles. The van der Waals surface area contributed by atoms with E-state index in [0.717, 1.165) is 38.2 Å². The summed E-state index contributed by atoms with van der Waals surface area (Å²) in [5, 5.41) is 5.56. The van der Waals surface area contributed by atoms with Gasteiger partial charge in [0.25, 0.3) is 0 Å². The zero-order valence-corrected chi connectivity index (χ0v) is 18.3. The quantitative estimate of drug-likeness (QED) is 0.622. The Kier molecular flexibility index (Phi) is 7.82. The molecule has 1 aromatic heterocycles. The predicted molar refractivity (Wildman–Crippen MR) is 121 cm³/mol. The van der Waals surface area contributed by atoms with Crippen LogP contribution in [0.3, 0.4) is 0 Å². The van der Waals surface area contributed by atoms with Crippen molar-refractivity contribution in [2.75, 3.05) is 52.5 Å². The first-order valence-corrected chi connectivity index (χ1v) is 11.3. The lowest BCUT2D eigenvalue weighted by atomic mass is 9.97. The van der Waals surface area contributed by atoms with E-state index in [1.807, 2.05) is 18.3 Å². The molecular weight excluding hydrogens is 406 g/mol. The molecule has 32 heavy (non-hydrogen) atoms. The molecule has 1 saturated heterocycles. The highest BCUT2D eigenvalue weighted by Gasteiger charge is 2.26. The summed E-state index contributed by atoms with van der Waals surface area (Å²) in [5.41, 5.74) is 3.71. The Morgan fingerprint density at radius 3 is 2.56 bits per heavy atom. The number of morpholine rings is 1. The molecule has 8 heteroatoms. The molecule has 170 valence electrons. The lowest BCUT2D eigenvalue weighted by Crippen LogP contribution is -2.47. The zero-order valence-electron chi connectivity index (χ0n) is 18.3. The Hall–Kier alpha value is -2.81. The van der Waals surface area contributed by atoms with Gasteiger partial charge in [-0.3, -0.25) is 24.4 Å². The van der Waals surface area contributed by atoms with Crippen molar-refractivity contribution in [1.82, 2.24) is 25.4 Å². The van der Waals surface area contributed by atoms with E-state index in [1.165, 1.54) is 11.1 Å². The van der Waals surface area contributed by atoms with Crippen molar-refractivity contribution < 1.29 is 14.3 Å². The number of amides is 2. The molecule has 2 N–H and O–H groups in total. The third kappa shape index (κ3) is 5.91. The van der Waals surface area contributed by atoms with Gasteiger partial charge in [-0.15, -0.1) is 0 Å². The number of benzene rings is 1. The molecule has 1 aromatic carbocycles. The average Bonchev–Trinajstić information content (AvgIpc) is 2.85. The van der Waals surface area contributed by atoms with Gasteiger partial charge in [0.2, 0.25) is 0 Å². The van der Waals surface area contributed by atoms with Crippen LogP contribution < -0.4 is 10.6 Å². The molecule has 8 nitrogen and oxygen atoms in total. The summed E-state index contributed by atoms with van der Waals surface area (Å²) >= 11 is 0. The van der Waals surface area contributed by atoms with Crippen LogP contribution in [0, 0.1) is 0 Å². The van der Waals surface area contributed by atoms with Crippen LogP contribution in [0.15, 0.2) is 48.8 Å². The van der Waals surface area contributed by atoms with Crippen LogP contribution in [0.1, 0.15) is 22.7 Å². The fourth-order valence-corrected chi connectivity index (χ4v) is 4.32.